The molecule has 0 saturated carbocycles. The Morgan fingerprint density at radius 3 is 2.40 bits per heavy atom. The second-order valence-corrected chi connectivity index (χ2v) is 6.12. The fourth-order valence-corrected chi connectivity index (χ4v) is 2.87. The molecular formula is C18H22N4O3. The molecule has 7 heteroatoms. The van der Waals surface area contributed by atoms with E-state index in [4.69, 9.17) is 4.74 Å². The van der Waals surface area contributed by atoms with Crippen LogP contribution < -0.4 is 16.0 Å². The molecule has 0 fully saturated rings. The fourth-order valence-electron chi connectivity index (χ4n) is 2.87. The molecule has 0 radical (unpaired) electrons. The van der Waals surface area contributed by atoms with Gasteiger partial charge in [-0.25, -0.2) is 4.79 Å². The Morgan fingerprint density at radius 2 is 1.68 bits per heavy atom. The van der Waals surface area contributed by atoms with E-state index in [0.29, 0.717) is 23.8 Å². The number of hydrogen-bond donors (Lipinski definition) is 0. The van der Waals surface area contributed by atoms with Gasteiger partial charge in [-0.1, -0.05) is 30.3 Å². The van der Waals surface area contributed by atoms with Crippen molar-refractivity contribution in [2.75, 3.05) is 6.61 Å². The van der Waals surface area contributed by atoms with Gasteiger partial charge in [0.2, 0.25) is 0 Å². The van der Waals surface area contributed by atoms with E-state index in [0.717, 1.165) is 23.8 Å². The minimum Gasteiger partial charge on any atom is -0.465 e. The predicted molar refractivity (Wildman–Crippen MR) is 96.1 cm³/mol. The number of aromatic nitrogens is 4. The maximum Gasteiger partial charge on any atom is 0.332 e. The van der Waals surface area contributed by atoms with E-state index in [-0.39, 0.29) is 5.56 Å². The molecular weight excluding hydrogens is 320 g/mol. The summed E-state index contributed by atoms with van der Waals surface area (Å²) in [6.07, 6.45) is 2.89. The normalized spacial score (nSPS) is 11.2. The molecule has 7 nitrogen and oxygen atoms in total. The number of fused-ring (bicyclic) bond motifs is 1. The van der Waals surface area contributed by atoms with Gasteiger partial charge < -0.3 is 4.74 Å². The summed E-state index contributed by atoms with van der Waals surface area (Å²) < 4.78 is 9.78. The molecule has 0 aliphatic carbocycles. The Hall–Kier alpha value is -2.83. The summed E-state index contributed by atoms with van der Waals surface area (Å²) in [6, 6.07) is 10.7. The largest absolute Gasteiger partial charge is 0.465 e. The molecule has 0 spiro atoms. The topological polar surface area (TPSA) is 71.1 Å². The molecule has 2 aromatic heterocycles. The lowest BCUT2D eigenvalue weighted by Crippen LogP contribution is -2.37. The van der Waals surface area contributed by atoms with Crippen LogP contribution in [-0.2, 0) is 27.6 Å². The van der Waals surface area contributed by atoms with Crippen LogP contribution in [0.25, 0.3) is 11.2 Å². The van der Waals surface area contributed by atoms with Crippen LogP contribution in [0.15, 0.2) is 39.9 Å². The number of rotatable bonds is 6. The van der Waals surface area contributed by atoms with E-state index >= 15 is 0 Å². The number of ether oxygens (including phenoxy) is 1. The zero-order valence-electron chi connectivity index (χ0n) is 14.7. The summed E-state index contributed by atoms with van der Waals surface area (Å²) in [5, 5.41) is 0. The molecule has 0 atom stereocenters. The quantitative estimate of drug-likeness (QED) is 0.635. The average molecular weight is 342 g/mol. The molecule has 0 amide bonds. The van der Waals surface area contributed by atoms with Crippen LogP contribution in [0.4, 0.5) is 0 Å². The smallest absolute Gasteiger partial charge is 0.332 e. The Kier molecular flexibility index (Phi) is 4.74. The first kappa shape index (κ1) is 17.0. The van der Waals surface area contributed by atoms with E-state index in [1.54, 1.807) is 18.7 Å². The zero-order valence-corrected chi connectivity index (χ0v) is 14.7. The van der Waals surface area contributed by atoms with Crippen LogP contribution in [0.2, 0.25) is 0 Å². The molecule has 132 valence electrons. The third-order valence-corrected chi connectivity index (χ3v) is 4.37. The lowest BCUT2D eigenvalue weighted by Gasteiger charge is -2.06. The monoisotopic (exact) mass is 342 g/mol. The molecule has 3 rings (SSSR count). The van der Waals surface area contributed by atoms with Gasteiger partial charge in [-0.3, -0.25) is 18.5 Å². The number of hydrogen-bond acceptors (Lipinski definition) is 4. The van der Waals surface area contributed by atoms with Crippen LogP contribution in [0, 0.1) is 0 Å². The maximum atomic E-state index is 12.3. The average Bonchev–Trinajstić information content (AvgIpc) is 2.95. The summed E-state index contributed by atoms with van der Waals surface area (Å²) in [6.45, 7) is 0.512. The summed E-state index contributed by atoms with van der Waals surface area (Å²) in [5.74, 6) is 0. The van der Waals surface area contributed by atoms with Gasteiger partial charge in [0.05, 0.1) is 6.61 Å². The summed E-state index contributed by atoms with van der Waals surface area (Å²) >= 11 is 0. The molecule has 0 unspecified atom stereocenters. The van der Waals surface area contributed by atoms with Gasteiger partial charge in [-0.05, 0) is 24.8 Å². The number of nitrogens with zero attached hydrogens (tertiary/aromatic N) is 4. The number of imidazole rings is 1. The van der Waals surface area contributed by atoms with Crippen LogP contribution in [0.5, 0.6) is 6.01 Å². The summed E-state index contributed by atoms with van der Waals surface area (Å²) in [5.41, 5.74) is 1.25. The van der Waals surface area contributed by atoms with E-state index in [1.165, 1.54) is 17.2 Å². The zero-order chi connectivity index (χ0) is 18.0. The van der Waals surface area contributed by atoms with E-state index in [9.17, 15) is 9.59 Å². The third kappa shape index (κ3) is 3.22. The highest BCUT2D eigenvalue weighted by atomic mass is 16.5. The van der Waals surface area contributed by atoms with Gasteiger partial charge in [0, 0.05) is 21.1 Å². The first-order valence-electron chi connectivity index (χ1n) is 8.30. The Bertz CT molecular complexity index is 999. The second kappa shape index (κ2) is 6.96. The van der Waals surface area contributed by atoms with Gasteiger partial charge in [0.25, 0.3) is 11.6 Å². The van der Waals surface area contributed by atoms with Crippen molar-refractivity contribution in [1.82, 2.24) is 18.7 Å². The number of unbranched alkanes of at least 4 members (excludes halogenated alkanes) is 1. The lowest BCUT2D eigenvalue weighted by molar-refractivity contribution is 0.276. The molecule has 0 aliphatic heterocycles. The highest BCUT2D eigenvalue weighted by Gasteiger charge is 2.17. The van der Waals surface area contributed by atoms with Crippen molar-refractivity contribution in [3.05, 3.63) is 56.7 Å². The lowest BCUT2D eigenvalue weighted by atomic mass is 10.1. The highest BCUT2D eigenvalue weighted by molar-refractivity contribution is 5.71. The first-order chi connectivity index (χ1) is 12.0. The number of benzene rings is 1. The summed E-state index contributed by atoms with van der Waals surface area (Å²) in [4.78, 5) is 28.6. The Balaban J connectivity index is 1.69. The fraction of sp³-hybridized carbons (Fsp3) is 0.389. The van der Waals surface area contributed by atoms with Gasteiger partial charge >= 0.3 is 5.69 Å². The Morgan fingerprint density at radius 1 is 0.960 bits per heavy atom. The van der Waals surface area contributed by atoms with Gasteiger partial charge in [0.1, 0.15) is 0 Å². The van der Waals surface area contributed by atoms with Crippen molar-refractivity contribution in [3.63, 3.8) is 0 Å². The van der Waals surface area contributed by atoms with Crippen molar-refractivity contribution in [1.29, 1.82) is 0 Å². The van der Waals surface area contributed by atoms with Gasteiger partial charge in [0.15, 0.2) is 11.2 Å². The second-order valence-electron chi connectivity index (χ2n) is 6.12. The molecule has 0 saturated heterocycles. The van der Waals surface area contributed by atoms with Gasteiger partial charge in [-0.15, -0.1) is 0 Å². The van der Waals surface area contributed by atoms with Crippen molar-refractivity contribution < 1.29 is 4.74 Å². The number of aryl methyl sites for hydroxylation is 3. The van der Waals surface area contributed by atoms with Crippen molar-refractivity contribution >= 4 is 11.2 Å². The maximum absolute atomic E-state index is 12.3. The SMILES string of the molecule is Cn1c(=O)c2c(nc(OCCCCc3ccccc3)n2C)n(C)c1=O. The molecule has 0 N–H and O–H groups in total. The minimum atomic E-state index is -0.398. The molecule has 25 heavy (non-hydrogen) atoms. The van der Waals surface area contributed by atoms with E-state index in [2.05, 4.69) is 17.1 Å². The Labute approximate surface area is 145 Å². The van der Waals surface area contributed by atoms with Crippen LogP contribution in [0.3, 0.4) is 0 Å². The molecule has 0 bridgehead atoms. The molecule has 3 aromatic rings. The first-order valence-corrected chi connectivity index (χ1v) is 8.30. The van der Waals surface area contributed by atoms with E-state index in [1.807, 2.05) is 18.2 Å². The standard InChI is InChI=1S/C18H22N4O3/c1-20-14-15(21(2)18(24)22(3)16(14)23)19-17(20)25-12-8-7-11-13-9-5-4-6-10-13/h4-6,9-10H,7-8,11-12H2,1-3H3. The van der Waals surface area contributed by atoms with Crippen LogP contribution in [-0.4, -0.2) is 25.3 Å². The van der Waals surface area contributed by atoms with Crippen molar-refractivity contribution in [3.8, 4) is 6.01 Å². The van der Waals surface area contributed by atoms with Crippen LogP contribution in [0.1, 0.15) is 18.4 Å². The van der Waals surface area contributed by atoms with Crippen molar-refractivity contribution in [2.24, 2.45) is 21.1 Å². The van der Waals surface area contributed by atoms with Crippen LogP contribution >= 0.6 is 0 Å². The summed E-state index contributed by atoms with van der Waals surface area (Å²) in [7, 11) is 4.78. The molecule has 1 aromatic carbocycles. The minimum absolute atomic E-state index is 0.342. The third-order valence-electron chi connectivity index (χ3n) is 4.37. The predicted octanol–water partition coefficient (Wildman–Crippen LogP) is 1.37. The highest BCUT2D eigenvalue weighted by Crippen LogP contribution is 2.15. The van der Waals surface area contributed by atoms with Gasteiger partial charge in [-0.2, -0.15) is 4.98 Å². The van der Waals surface area contributed by atoms with Crippen molar-refractivity contribution in [2.45, 2.75) is 19.3 Å². The molecule has 0 aliphatic rings. The van der Waals surface area contributed by atoms with E-state index < -0.39 is 5.69 Å². The molecule has 2 heterocycles.